The number of hydrogen-bond donors (Lipinski definition) is 2. The van der Waals surface area contributed by atoms with Crippen LogP contribution in [0.1, 0.15) is 10.6 Å². The van der Waals surface area contributed by atoms with Crippen LogP contribution in [0, 0.1) is 0 Å². The van der Waals surface area contributed by atoms with E-state index in [2.05, 4.69) is 20.7 Å². The summed E-state index contributed by atoms with van der Waals surface area (Å²) in [6, 6.07) is 4.97. The molecule has 6 nitrogen and oxygen atoms in total. The molecule has 21 heavy (non-hydrogen) atoms. The molecule has 1 aromatic heterocycles. The van der Waals surface area contributed by atoms with E-state index in [1.165, 1.54) is 12.1 Å². The van der Waals surface area contributed by atoms with Crippen molar-refractivity contribution in [2.45, 2.75) is 5.09 Å². The molecule has 0 unspecified atom stereocenters. The van der Waals surface area contributed by atoms with E-state index in [1.54, 1.807) is 0 Å². The topological polar surface area (TPSA) is 96.6 Å². The molecule has 1 aromatic carbocycles. The molecule has 0 saturated heterocycles. The largest absolute Gasteiger partial charge is 0.475 e. The number of nitrogens with one attached hydrogen (secondary N) is 1. The number of hydrogen-bond acceptors (Lipinski definition) is 4. The number of carboxylic acid groups (broad SMARTS) is 1. The van der Waals surface area contributed by atoms with Crippen LogP contribution in [0.3, 0.4) is 0 Å². The second kappa shape index (κ2) is 5.88. The van der Waals surface area contributed by atoms with Gasteiger partial charge in [0, 0.05) is 4.47 Å². The van der Waals surface area contributed by atoms with Crippen molar-refractivity contribution in [2.24, 2.45) is 0 Å². The van der Waals surface area contributed by atoms with Crippen molar-refractivity contribution in [2.75, 3.05) is 4.72 Å². The first-order valence-corrected chi connectivity index (χ1v) is 8.25. The molecular weight excluding hydrogens is 409 g/mol. The lowest BCUT2D eigenvalue weighted by atomic mass is 10.3. The van der Waals surface area contributed by atoms with E-state index < -0.39 is 26.8 Å². The van der Waals surface area contributed by atoms with E-state index in [0.29, 0.717) is 4.47 Å². The van der Waals surface area contributed by atoms with Gasteiger partial charge in [-0.2, -0.15) is 8.42 Å². The van der Waals surface area contributed by atoms with Crippen LogP contribution in [-0.2, 0) is 10.0 Å². The first-order valence-electron chi connectivity index (χ1n) is 5.22. The zero-order chi connectivity index (χ0) is 15.8. The molecule has 0 amide bonds. The molecule has 0 atom stereocenters. The van der Waals surface area contributed by atoms with Crippen LogP contribution in [0.4, 0.5) is 5.69 Å². The number of aromatic carboxylic acids is 1. The van der Waals surface area contributed by atoms with Gasteiger partial charge in [0.15, 0.2) is 0 Å². The second-order valence-corrected chi connectivity index (χ2v) is 6.98. The summed E-state index contributed by atoms with van der Waals surface area (Å²) in [7, 11) is -4.12. The SMILES string of the molecule is O=C(O)c1ccc(S(=O)(=O)Nc2ccc(Br)c(Cl)c2Cl)o1. The zero-order valence-electron chi connectivity index (χ0n) is 9.93. The molecule has 2 aromatic rings. The van der Waals surface area contributed by atoms with Gasteiger partial charge in [0.25, 0.3) is 10.0 Å². The number of carbonyl (C=O) groups is 1. The van der Waals surface area contributed by atoms with Crippen molar-refractivity contribution in [3.8, 4) is 0 Å². The minimum Gasteiger partial charge on any atom is -0.475 e. The number of furan rings is 1. The predicted molar refractivity (Wildman–Crippen MR) is 80.6 cm³/mol. The third kappa shape index (κ3) is 3.34. The molecule has 0 aliphatic carbocycles. The van der Waals surface area contributed by atoms with Gasteiger partial charge in [0.05, 0.1) is 15.7 Å². The van der Waals surface area contributed by atoms with E-state index in [9.17, 15) is 13.2 Å². The predicted octanol–water partition coefficient (Wildman–Crippen LogP) is 3.85. The third-order valence-electron chi connectivity index (χ3n) is 2.34. The number of halogens is 3. The number of rotatable bonds is 4. The summed E-state index contributed by atoms with van der Waals surface area (Å²) in [6.07, 6.45) is 0. The number of benzene rings is 1. The quantitative estimate of drug-likeness (QED) is 0.740. The Morgan fingerprint density at radius 2 is 1.86 bits per heavy atom. The molecule has 0 radical (unpaired) electrons. The lowest BCUT2D eigenvalue weighted by Crippen LogP contribution is -2.12. The van der Waals surface area contributed by atoms with E-state index in [1.807, 2.05) is 0 Å². The van der Waals surface area contributed by atoms with Crippen LogP contribution < -0.4 is 4.72 Å². The van der Waals surface area contributed by atoms with Gasteiger partial charge in [-0.15, -0.1) is 0 Å². The van der Waals surface area contributed by atoms with Gasteiger partial charge in [-0.3, -0.25) is 4.72 Å². The van der Waals surface area contributed by atoms with Crippen LogP contribution in [0.25, 0.3) is 0 Å². The molecule has 10 heteroatoms. The van der Waals surface area contributed by atoms with Crippen LogP contribution in [0.5, 0.6) is 0 Å². The Balaban J connectivity index is 2.37. The highest BCUT2D eigenvalue weighted by Gasteiger charge is 2.22. The molecule has 0 fully saturated rings. The van der Waals surface area contributed by atoms with Crippen LogP contribution >= 0.6 is 39.1 Å². The van der Waals surface area contributed by atoms with Crippen molar-refractivity contribution in [1.82, 2.24) is 0 Å². The monoisotopic (exact) mass is 413 g/mol. The van der Waals surface area contributed by atoms with Gasteiger partial charge >= 0.3 is 5.97 Å². The average molecular weight is 415 g/mol. The lowest BCUT2D eigenvalue weighted by molar-refractivity contribution is 0.0656. The summed E-state index contributed by atoms with van der Waals surface area (Å²) in [5, 5.41) is 8.31. The van der Waals surface area contributed by atoms with Crippen molar-refractivity contribution in [1.29, 1.82) is 0 Å². The van der Waals surface area contributed by atoms with Gasteiger partial charge in [-0.25, -0.2) is 4.79 Å². The van der Waals surface area contributed by atoms with Gasteiger partial charge in [-0.1, -0.05) is 23.2 Å². The van der Waals surface area contributed by atoms with E-state index in [4.69, 9.17) is 32.7 Å². The highest BCUT2D eigenvalue weighted by atomic mass is 79.9. The third-order valence-corrected chi connectivity index (χ3v) is 5.35. The standard InChI is InChI=1S/C11H6BrCl2NO5S/c12-5-1-2-6(10(14)9(5)13)15-21(18,19)8-4-3-7(20-8)11(16)17/h1-4,15H,(H,16,17). The molecule has 0 spiro atoms. The van der Waals surface area contributed by atoms with Gasteiger partial charge < -0.3 is 9.52 Å². The number of sulfonamides is 1. The van der Waals surface area contributed by atoms with Crippen molar-refractivity contribution in [3.63, 3.8) is 0 Å². The first kappa shape index (κ1) is 16.2. The zero-order valence-corrected chi connectivity index (χ0v) is 13.8. The van der Waals surface area contributed by atoms with E-state index in [-0.39, 0.29) is 15.7 Å². The molecule has 0 saturated carbocycles. The number of carboxylic acids is 1. The fourth-order valence-electron chi connectivity index (χ4n) is 1.38. The molecule has 0 aliphatic heterocycles. The summed E-state index contributed by atoms with van der Waals surface area (Å²) in [4.78, 5) is 10.7. The van der Waals surface area contributed by atoms with E-state index >= 15 is 0 Å². The molecular formula is C11H6BrCl2NO5S. The van der Waals surface area contributed by atoms with Crippen LogP contribution in [0.2, 0.25) is 10.0 Å². The fraction of sp³-hybridized carbons (Fsp3) is 0. The summed E-state index contributed by atoms with van der Waals surface area (Å²) in [5.74, 6) is -1.86. The Labute approximate surface area is 137 Å². The van der Waals surface area contributed by atoms with Crippen molar-refractivity contribution in [3.05, 3.63) is 44.5 Å². The molecule has 0 bridgehead atoms. The summed E-state index contributed by atoms with van der Waals surface area (Å²) in [5.41, 5.74) is 0.0399. The Kier molecular flexibility index (Phi) is 4.52. The summed E-state index contributed by atoms with van der Waals surface area (Å²) >= 11 is 15.0. The Morgan fingerprint density at radius 1 is 1.19 bits per heavy atom. The molecule has 2 N–H and O–H groups in total. The lowest BCUT2D eigenvalue weighted by Gasteiger charge is -2.09. The summed E-state index contributed by atoms with van der Waals surface area (Å²) in [6.45, 7) is 0. The summed E-state index contributed by atoms with van der Waals surface area (Å²) < 4.78 is 31.6. The molecule has 1 heterocycles. The average Bonchev–Trinajstić information content (AvgIpc) is 2.90. The molecule has 112 valence electrons. The minimum atomic E-state index is -4.12. The maximum atomic E-state index is 12.1. The maximum absolute atomic E-state index is 12.1. The van der Waals surface area contributed by atoms with E-state index in [0.717, 1.165) is 12.1 Å². The smallest absolute Gasteiger partial charge is 0.371 e. The van der Waals surface area contributed by atoms with Crippen LogP contribution in [-0.4, -0.2) is 19.5 Å². The fourth-order valence-corrected chi connectivity index (χ4v) is 3.26. The van der Waals surface area contributed by atoms with Gasteiger partial charge in [0.2, 0.25) is 10.9 Å². The second-order valence-electron chi connectivity index (χ2n) is 3.75. The van der Waals surface area contributed by atoms with Crippen molar-refractivity contribution >= 4 is 60.8 Å². The highest BCUT2D eigenvalue weighted by Crippen LogP contribution is 2.36. The van der Waals surface area contributed by atoms with Gasteiger partial charge in [-0.05, 0) is 40.2 Å². The maximum Gasteiger partial charge on any atom is 0.371 e. The number of anilines is 1. The normalized spacial score (nSPS) is 11.4. The molecule has 0 aliphatic rings. The van der Waals surface area contributed by atoms with Crippen molar-refractivity contribution < 1.29 is 22.7 Å². The molecule has 2 rings (SSSR count). The minimum absolute atomic E-state index is 0.000342. The highest BCUT2D eigenvalue weighted by molar-refractivity contribution is 9.10. The Bertz CT molecular complexity index is 818. The Morgan fingerprint density at radius 3 is 2.43 bits per heavy atom. The van der Waals surface area contributed by atoms with Crippen LogP contribution in [0.15, 0.2) is 38.2 Å². The Hall–Kier alpha value is -1.22. The van der Waals surface area contributed by atoms with Gasteiger partial charge in [0.1, 0.15) is 0 Å². The first-order chi connectivity index (χ1) is 9.72.